The molecule has 2 rings (SSSR count). The van der Waals surface area contributed by atoms with Crippen molar-refractivity contribution in [2.45, 2.75) is 19.8 Å². The maximum atomic E-state index is 4.43. The van der Waals surface area contributed by atoms with Crippen molar-refractivity contribution in [1.82, 2.24) is 15.1 Å². The summed E-state index contributed by atoms with van der Waals surface area (Å²) in [5.41, 5.74) is 3.77. The summed E-state index contributed by atoms with van der Waals surface area (Å²) < 4.78 is 3.15. The summed E-state index contributed by atoms with van der Waals surface area (Å²) in [5, 5.41) is 7.74. The van der Waals surface area contributed by atoms with Gasteiger partial charge in [0, 0.05) is 17.2 Å². The number of benzene rings is 1. The minimum atomic E-state index is 0.573. The molecule has 1 aromatic heterocycles. The highest BCUT2D eigenvalue weighted by Crippen LogP contribution is 2.18. The van der Waals surface area contributed by atoms with Crippen LogP contribution in [0.1, 0.15) is 17.0 Å². The van der Waals surface area contributed by atoms with Crippen LogP contribution >= 0.6 is 15.9 Å². The van der Waals surface area contributed by atoms with Gasteiger partial charge in [0.1, 0.15) is 0 Å². The lowest BCUT2D eigenvalue weighted by Crippen LogP contribution is -2.23. The molecule has 0 aliphatic heterocycles. The van der Waals surface area contributed by atoms with Crippen LogP contribution in [0.5, 0.6) is 0 Å². The highest BCUT2D eigenvalue weighted by Gasteiger charge is 2.13. The third-order valence-corrected chi connectivity index (χ3v) is 4.00. The zero-order chi connectivity index (χ0) is 14.5. The van der Waals surface area contributed by atoms with Gasteiger partial charge in [-0.25, -0.2) is 0 Å². The topological polar surface area (TPSA) is 29.9 Å². The second-order valence-corrected chi connectivity index (χ2v) is 6.28. The standard InChI is InChI=1S/C16H22BrN3/c1-12-7-16(20(3)19-12)10-14(11-18-2)8-13-5-4-6-15(17)9-13/h4-7,9,14,18H,8,10-11H2,1-3H3. The van der Waals surface area contributed by atoms with E-state index in [1.807, 2.05) is 25.7 Å². The largest absolute Gasteiger partial charge is 0.319 e. The van der Waals surface area contributed by atoms with E-state index in [0.717, 1.165) is 29.6 Å². The molecule has 1 aromatic carbocycles. The van der Waals surface area contributed by atoms with Crippen molar-refractivity contribution in [2.24, 2.45) is 13.0 Å². The molecule has 20 heavy (non-hydrogen) atoms. The minimum absolute atomic E-state index is 0.573. The molecule has 0 amide bonds. The van der Waals surface area contributed by atoms with Gasteiger partial charge in [0.05, 0.1) is 5.69 Å². The summed E-state index contributed by atoms with van der Waals surface area (Å²) in [6.07, 6.45) is 2.12. The fourth-order valence-corrected chi connectivity index (χ4v) is 3.10. The van der Waals surface area contributed by atoms with Crippen molar-refractivity contribution in [1.29, 1.82) is 0 Å². The highest BCUT2D eigenvalue weighted by molar-refractivity contribution is 9.10. The normalized spacial score (nSPS) is 12.6. The molecule has 0 bridgehead atoms. The number of aromatic nitrogens is 2. The first-order valence-electron chi connectivity index (χ1n) is 6.97. The van der Waals surface area contributed by atoms with Gasteiger partial charge < -0.3 is 5.32 Å². The second kappa shape index (κ2) is 7.04. The Kier molecular flexibility index (Phi) is 5.38. The van der Waals surface area contributed by atoms with Crippen LogP contribution in [-0.2, 0) is 19.9 Å². The summed E-state index contributed by atoms with van der Waals surface area (Å²) in [6.45, 7) is 3.06. The Morgan fingerprint density at radius 3 is 2.70 bits per heavy atom. The molecule has 1 heterocycles. The molecule has 0 saturated heterocycles. The molecule has 0 radical (unpaired) electrons. The predicted molar refractivity (Wildman–Crippen MR) is 86.9 cm³/mol. The summed E-state index contributed by atoms with van der Waals surface area (Å²) in [7, 11) is 4.04. The van der Waals surface area contributed by atoms with Gasteiger partial charge in [-0.05, 0) is 63.0 Å². The minimum Gasteiger partial charge on any atom is -0.319 e. The van der Waals surface area contributed by atoms with E-state index in [2.05, 4.69) is 56.7 Å². The van der Waals surface area contributed by atoms with Crippen LogP contribution in [0.15, 0.2) is 34.8 Å². The average molecular weight is 336 g/mol. The van der Waals surface area contributed by atoms with E-state index >= 15 is 0 Å². The molecule has 3 nitrogen and oxygen atoms in total. The van der Waals surface area contributed by atoms with Crippen molar-refractivity contribution < 1.29 is 0 Å². The van der Waals surface area contributed by atoms with Crippen LogP contribution in [0.4, 0.5) is 0 Å². The first-order valence-corrected chi connectivity index (χ1v) is 7.76. The Morgan fingerprint density at radius 1 is 1.30 bits per heavy atom. The second-order valence-electron chi connectivity index (χ2n) is 5.36. The highest BCUT2D eigenvalue weighted by atomic mass is 79.9. The van der Waals surface area contributed by atoms with Gasteiger partial charge in [-0.15, -0.1) is 0 Å². The lowest BCUT2D eigenvalue weighted by molar-refractivity contribution is 0.477. The van der Waals surface area contributed by atoms with Crippen molar-refractivity contribution >= 4 is 15.9 Å². The van der Waals surface area contributed by atoms with E-state index in [0.29, 0.717) is 5.92 Å². The summed E-state index contributed by atoms with van der Waals surface area (Å²) in [5.74, 6) is 0.573. The molecule has 0 spiro atoms. The van der Waals surface area contributed by atoms with E-state index in [4.69, 9.17) is 0 Å². The van der Waals surface area contributed by atoms with Crippen molar-refractivity contribution in [3.63, 3.8) is 0 Å². The summed E-state index contributed by atoms with van der Waals surface area (Å²) >= 11 is 3.54. The van der Waals surface area contributed by atoms with Crippen LogP contribution < -0.4 is 5.32 Å². The molecule has 1 N–H and O–H groups in total. The molecule has 4 heteroatoms. The van der Waals surface area contributed by atoms with Gasteiger partial charge in [0.2, 0.25) is 0 Å². The third kappa shape index (κ3) is 4.18. The quantitative estimate of drug-likeness (QED) is 0.878. The van der Waals surface area contributed by atoms with Crippen molar-refractivity contribution in [3.05, 3.63) is 51.8 Å². The van der Waals surface area contributed by atoms with Crippen LogP contribution in [-0.4, -0.2) is 23.4 Å². The molecule has 108 valence electrons. The van der Waals surface area contributed by atoms with E-state index in [1.165, 1.54) is 11.3 Å². The number of rotatable bonds is 6. The van der Waals surface area contributed by atoms with E-state index < -0.39 is 0 Å². The lowest BCUT2D eigenvalue weighted by atomic mass is 9.94. The van der Waals surface area contributed by atoms with E-state index in [9.17, 15) is 0 Å². The lowest BCUT2D eigenvalue weighted by Gasteiger charge is -2.17. The summed E-state index contributed by atoms with van der Waals surface area (Å²) in [4.78, 5) is 0. The number of aryl methyl sites for hydroxylation is 2. The molecular weight excluding hydrogens is 314 g/mol. The molecule has 1 unspecified atom stereocenters. The van der Waals surface area contributed by atoms with Crippen molar-refractivity contribution in [2.75, 3.05) is 13.6 Å². The van der Waals surface area contributed by atoms with Crippen LogP contribution in [0.25, 0.3) is 0 Å². The molecule has 1 atom stereocenters. The molecule has 0 fully saturated rings. The summed E-state index contributed by atoms with van der Waals surface area (Å²) in [6, 6.07) is 10.8. The SMILES string of the molecule is CNCC(Cc1cccc(Br)c1)Cc1cc(C)nn1C. The smallest absolute Gasteiger partial charge is 0.0596 e. The first kappa shape index (κ1) is 15.3. The van der Waals surface area contributed by atoms with Crippen LogP contribution in [0.3, 0.4) is 0 Å². The van der Waals surface area contributed by atoms with Crippen LogP contribution in [0.2, 0.25) is 0 Å². The van der Waals surface area contributed by atoms with E-state index in [1.54, 1.807) is 0 Å². The zero-order valence-corrected chi connectivity index (χ0v) is 13.9. The number of nitrogens with zero attached hydrogens (tertiary/aromatic N) is 2. The molecule has 0 aliphatic carbocycles. The van der Waals surface area contributed by atoms with E-state index in [-0.39, 0.29) is 0 Å². The van der Waals surface area contributed by atoms with Gasteiger partial charge in [-0.2, -0.15) is 5.10 Å². The van der Waals surface area contributed by atoms with Gasteiger partial charge in [0.25, 0.3) is 0 Å². The van der Waals surface area contributed by atoms with Gasteiger partial charge in [0.15, 0.2) is 0 Å². The third-order valence-electron chi connectivity index (χ3n) is 3.50. The van der Waals surface area contributed by atoms with Gasteiger partial charge in [-0.1, -0.05) is 28.1 Å². The Labute approximate surface area is 129 Å². The van der Waals surface area contributed by atoms with Gasteiger partial charge >= 0.3 is 0 Å². The Bertz CT molecular complexity index is 563. The molecule has 2 aromatic rings. The molecule has 0 saturated carbocycles. The number of halogens is 1. The average Bonchev–Trinajstić information content (AvgIpc) is 2.68. The monoisotopic (exact) mass is 335 g/mol. The van der Waals surface area contributed by atoms with Crippen molar-refractivity contribution in [3.8, 4) is 0 Å². The Balaban J connectivity index is 2.09. The number of hydrogen-bond acceptors (Lipinski definition) is 2. The van der Waals surface area contributed by atoms with Crippen LogP contribution in [0, 0.1) is 12.8 Å². The fraction of sp³-hybridized carbons (Fsp3) is 0.438. The number of nitrogens with one attached hydrogen (secondary N) is 1. The Hall–Kier alpha value is -1.13. The maximum Gasteiger partial charge on any atom is 0.0596 e. The maximum absolute atomic E-state index is 4.43. The molecular formula is C16H22BrN3. The molecule has 0 aliphatic rings. The zero-order valence-electron chi connectivity index (χ0n) is 12.4. The fourth-order valence-electron chi connectivity index (χ4n) is 2.65. The number of hydrogen-bond donors (Lipinski definition) is 1. The first-order chi connectivity index (χ1) is 9.58. The predicted octanol–water partition coefficient (Wildman–Crippen LogP) is 3.11. The Morgan fingerprint density at radius 2 is 2.10 bits per heavy atom. The van der Waals surface area contributed by atoms with Gasteiger partial charge in [-0.3, -0.25) is 4.68 Å².